The van der Waals surface area contributed by atoms with E-state index in [-0.39, 0.29) is 0 Å². The lowest BCUT2D eigenvalue weighted by atomic mass is 9.48. The second-order valence-electron chi connectivity index (χ2n) is 7.16. The molecule has 0 amide bonds. The Balaban J connectivity index is 1.43. The number of hydrogen-bond acceptors (Lipinski definition) is 2. The van der Waals surface area contributed by atoms with Gasteiger partial charge in [0.25, 0.3) is 0 Å². The third kappa shape index (κ3) is 2.57. The SMILES string of the molecule is O=[C]OCCCCCC12CC3CC(CC(C3)C1)C2. The van der Waals surface area contributed by atoms with Crippen molar-refractivity contribution in [2.24, 2.45) is 23.2 Å². The molecule has 0 aromatic rings. The number of hydrogen-bond donors (Lipinski definition) is 0. The lowest BCUT2D eigenvalue weighted by Crippen LogP contribution is -2.45. The Kier molecular flexibility index (Phi) is 3.63. The van der Waals surface area contributed by atoms with E-state index in [0.717, 1.165) is 29.6 Å². The molecule has 0 atom stereocenters. The maximum atomic E-state index is 9.92. The Bertz CT molecular complexity index is 262. The molecule has 2 heteroatoms. The minimum absolute atomic E-state index is 0.560. The molecule has 1 radical (unpaired) electrons. The van der Waals surface area contributed by atoms with Gasteiger partial charge in [-0.15, -0.1) is 0 Å². The van der Waals surface area contributed by atoms with Crippen LogP contribution in [0.15, 0.2) is 0 Å². The number of ether oxygens (including phenoxy) is 1. The second kappa shape index (κ2) is 5.22. The number of unbranched alkanes of at least 4 members (excludes halogenated alkanes) is 2. The Morgan fingerprint density at radius 1 is 0.944 bits per heavy atom. The highest BCUT2D eigenvalue weighted by Gasteiger charge is 2.50. The van der Waals surface area contributed by atoms with Gasteiger partial charge in [0.05, 0.1) is 6.61 Å². The molecular formula is C16H25O2. The molecule has 4 fully saturated rings. The van der Waals surface area contributed by atoms with Gasteiger partial charge in [0.2, 0.25) is 0 Å². The average molecular weight is 249 g/mol. The van der Waals surface area contributed by atoms with E-state index in [1.807, 2.05) is 0 Å². The largest absolute Gasteiger partial charge is 0.457 e. The molecule has 0 aromatic carbocycles. The van der Waals surface area contributed by atoms with Crippen LogP contribution in [0.5, 0.6) is 0 Å². The average Bonchev–Trinajstić information content (AvgIpc) is 2.32. The van der Waals surface area contributed by atoms with Crippen LogP contribution in [0.3, 0.4) is 0 Å². The summed E-state index contributed by atoms with van der Waals surface area (Å²) in [4.78, 5) is 9.92. The van der Waals surface area contributed by atoms with E-state index in [1.54, 1.807) is 19.3 Å². The highest BCUT2D eigenvalue weighted by molar-refractivity contribution is 5.37. The van der Waals surface area contributed by atoms with Crippen LogP contribution in [0.4, 0.5) is 0 Å². The van der Waals surface area contributed by atoms with Gasteiger partial charge in [-0.3, -0.25) is 0 Å². The van der Waals surface area contributed by atoms with E-state index in [0.29, 0.717) is 6.61 Å². The van der Waals surface area contributed by atoms with Crippen molar-refractivity contribution in [1.29, 1.82) is 0 Å². The second-order valence-corrected chi connectivity index (χ2v) is 7.16. The Hall–Kier alpha value is -0.530. The normalized spacial score (nSPS) is 41.0. The maximum Gasteiger partial charge on any atom is 0.417 e. The summed E-state index contributed by atoms with van der Waals surface area (Å²) in [6, 6.07) is 0. The predicted octanol–water partition coefficient (Wildman–Crippen LogP) is 3.85. The van der Waals surface area contributed by atoms with Crippen molar-refractivity contribution >= 4 is 6.47 Å². The maximum absolute atomic E-state index is 9.92. The van der Waals surface area contributed by atoms with E-state index in [2.05, 4.69) is 4.74 Å². The number of carbonyl (C=O) groups excluding carboxylic acids is 1. The van der Waals surface area contributed by atoms with Crippen molar-refractivity contribution < 1.29 is 9.53 Å². The standard InChI is InChI=1S/C16H25O2/c17-12-18-5-3-1-2-4-16-9-13-6-14(10-16)8-15(7-13)11-16/h13-15H,1-11H2. The lowest BCUT2D eigenvalue weighted by molar-refractivity contribution is -0.0584. The summed E-state index contributed by atoms with van der Waals surface area (Å²) in [6.45, 7) is 2.06. The molecule has 2 nitrogen and oxygen atoms in total. The molecule has 0 unspecified atom stereocenters. The molecule has 0 N–H and O–H groups in total. The third-order valence-electron chi connectivity index (χ3n) is 5.68. The molecule has 0 aromatic heterocycles. The van der Waals surface area contributed by atoms with Gasteiger partial charge in [-0.05, 0) is 74.5 Å². The molecule has 18 heavy (non-hydrogen) atoms. The van der Waals surface area contributed by atoms with Crippen molar-refractivity contribution in [1.82, 2.24) is 0 Å². The molecule has 4 aliphatic rings. The van der Waals surface area contributed by atoms with Crippen LogP contribution < -0.4 is 0 Å². The summed E-state index contributed by atoms with van der Waals surface area (Å²) >= 11 is 0. The molecule has 4 rings (SSSR count). The summed E-state index contributed by atoms with van der Waals surface area (Å²) in [5.41, 5.74) is 0.729. The van der Waals surface area contributed by atoms with Gasteiger partial charge in [0.1, 0.15) is 0 Å². The van der Waals surface area contributed by atoms with Gasteiger partial charge in [-0.1, -0.05) is 12.8 Å². The summed E-state index contributed by atoms with van der Waals surface area (Å²) in [5.74, 6) is 3.22. The Labute approximate surface area is 110 Å². The quantitative estimate of drug-likeness (QED) is 0.641. The van der Waals surface area contributed by atoms with Gasteiger partial charge >= 0.3 is 6.47 Å². The molecule has 0 saturated heterocycles. The van der Waals surface area contributed by atoms with Crippen LogP contribution in [0.1, 0.15) is 64.2 Å². The molecule has 4 aliphatic carbocycles. The van der Waals surface area contributed by atoms with E-state index < -0.39 is 0 Å². The van der Waals surface area contributed by atoms with Crippen molar-refractivity contribution in [3.63, 3.8) is 0 Å². The zero-order chi connectivity index (χ0) is 12.4. The monoisotopic (exact) mass is 249 g/mol. The summed E-state index contributed by atoms with van der Waals surface area (Å²) in [7, 11) is 0. The highest BCUT2D eigenvalue weighted by Crippen LogP contribution is 2.61. The van der Waals surface area contributed by atoms with Crippen LogP contribution >= 0.6 is 0 Å². The minimum atomic E-state index is 0.560. The van der Waals surface area contributed by atoms with E-state index >= 15 is 0 Å². The van der Waals surface area contributed by atoms with Gasteiger partial charge in [-0.25, -0.2) is 4.79 Å². The first-order chi connectivity index (χ1) is 8.80. The van der Waals surface area contributed by atoms with E-state index in [4.69, 9.17) is 0 Å². The molecule has 0 aliphatic heterocycles. The zero-order valence-corrected chi connectivity index (χ0v) is 11.3. The first kappa shape index (κ1) is 12.5. The molecule has 0 spiro atoms. The fraction of sp³-hybridized carbons (Fsp3) is 0.938. The van der Waals surface area contributed by atoms with Gasteiger partial charge in [0, 0.05) is 0 Å². The van der Waals surface area contributed by atoms with Gasteiger partial charge < -0.3 is 4.74 Å². The van der Waals surface area contributed by atoms with Crippen LogP contribution in [0.25, 0.3) is 0 Å². The van der Waals surface area contributed by atoms with Gasteiger partial charge in [-0.2, -0.15) is 0 Å². The minimum Gasteiger partial charge on any atom is -0.457 e. The van der Waals surface area contributed by atoms with Crippen LogP contribution in [-0.2, 0) is 9.53 Å². The topological polar surface area (TPSA) is 26.3 Å². The molecular weight excluding hydrogens is 224 g/mol. The molecule has 101 valence electrons. The third-order valence-corrected chi connectivity index (χ3v) is 5.68. The van der Waals surface area contributed by atoms with Crippen LogP contribution in [0, 0.1) is 23.2 Å². The highest BCUT2D eigenvalue weighted by atomic mass is 16.5. The lowest BCUT2D eigenvalue weighted by Gasteiger charge is -2.57. The number of rotatable bonds is 7. The Morgan fingerprint density at radius 2 is 1.56 bits per heavy atom. The molecule has 0 heterocycles. The van der Waals surface area contributed by atoms with E-state index in [1.165, 1.54) is 45.0 Å². The van der Waals surface area contributed by atoms with Crippen molar-refractivity contribution in [2.75, 3.05) is 6.61 Å². The van der Waals surface area contributed by atoms with Crippen LogP contribution in [0.2, 0.25) is 0 Å². The van der Waals surface area contributed by atoms with Crippen LogP contribution in [-0.4, -0.2) is 13.1 Å². The van der Waals surface area contributed by atoms with Crippen molar-refractivity contribution in [2.45, 2.75) is 64.2 Å². The zero-order valence-electron chi connectivity index (χ0n) is 11.3. The molecule has 4 saturated carbocycles. The predicted molar refractivity (Wildman–Crippen MR) is 70.7 cm³/mol. The first-order valence-electron chi connectivity index (χ1n) is 7.79. The smallest absolute Gasteiger partial charge is 0.417 e. The summed E-state index contributed by atoms with van der Waals surface area (Å²) in [5, 5.41) is 0. The molecule has 4 bridgehead atoms. The van der Waals surface area contributed by atoms with Gasteiger partial charge in [0.15, 0.2) is 0 Å². The Morgan fingerprint density at radius 3 is 2.11 bits per heavy atom. The van der Waals surface area contributed by atoms with Crippen molar-refractivity contribution in [3.05, 3.63) is 0 Å². The van der Waals surface area contributed by atoms with Crippen molar-refractivity contribution in [3.8, 4) is 0 Å². The fourth-order valence-electron chi connectivity index (χ4n) is 5.49. The summed E-state index contributed by atoms with van der Waals surface area (Å²) in [6.07, 6.45) is 14.2. The van der Waals surface area contributed by atoms with E-state index in [9.17, 15) is 4.79 Å². The summed E-state index contributed by atoms with van der Waals surface area (Å²) < 4.78 is 4.62. The first-order valence-corrected chi connectivity index (χ1v) is 7.79. The fourth-order valence-corrected chi connectivity index (χ4v) is 5.49.